The van der Waals surface area contributed by atoms with Gasteiger partial charge in [-0.2, -0.15) is 0 Å². The van der Waals surface area contributed by atoms with Gasteiger partial charge in [-0.1, -0.05) is 90.2 Å². The van der Waals surface area contributed by atoms with Gasteiger partial charge in [-0.15, -0.1) is 0 Å². The maximum absolute atomic E-state index is 4.40. The summed E-state index contributed by atoms with van der Waals surface area (Å²) in [5, 5.41) is 0. The van der Waals surface area contributed by atoms with Gasteiger partial charge in [-0.25, -0.2) is 0 Å². The van der Waals surface area contributed by atoms with Gasteiger partial charge < -0.3 is 0 Å². The van der Waals surface area contributed by atoms with Gasteiger partial charge in [0.1, 0.15) is 0 Å². The maximum Gasteiger partial charge on any atom is -0.0213 e. The monoisotopic (exact) mass is 372 g/mol. The molecule has 0 nitrogen and oxygen atoms in total. The lowest BCUT2D eigenvalue weighted by Crippen LogP contribution is -2.50. The first-order chi connectivity index (χ1) is 13.2. The van der Waals surface area contributed by atoms with Gasteiger partial charge in [0.2, 0.25) is 0 Å². The minimum atomic E-state index is 0.659. The molecule has 0 atom stereocenters. The van der Waals surface area contributed by atoms with Gasteiger partial charge in [0.05, 0.1) is 0 Å². The summed E-state index contributed by atoms with van der Waals surface area (Å²) < 4.78 is 0. The normalized spacial score (nSPS) is 30.7. The molecule has 0 unspecified atom stereocenters. The largest absolute Gasteiger partial charge is 0.0999 e. The fraction of sp³-hybridized carbons (Fsp3) is 0.926. The van der Waals surface area contributed by atoms with Crippen molar-refractivity contribution < 1.29 is 0 Å². The highest BCUT2D eigenvalue weighted by Gasteiger charge is 2.54. The van der Waals surface area contributed by atoms with Gasteiger partial charge in [0.25, 0.3) is 0 Å². The van der Waals surface area contributed by atoms with E-state index in [1.54, 1.807) is 38.5 Å². The molecule has 0 radical (unpaired) electrons. The zero-order chi connectivity index (χ0) is 19.2. The predicted molar refractivity (Wildman–Crippen MR) is 120 cm³/mol. The summed E-state index contributed by atoms with van der Waals surface area (Å²) in [7, 11) is 0. The van der Waals surface area contributed by atoms with Crippen LogP contribution in [0.3, 0.4) is 0 Å². The highest BCUT2D eigenvalue weighted by molar-refractivity contribution is 5.07. The maximum atomic E-state index is 4.40. The Kier molecular flexibility index (Phi) is 7.92. The Hall–Kier alpha value is -0.260. The van der Waals surface area contributed by atoms with Crippen LogP contribution in [-0.4, -0.2) is 0 Å². The molecule has 3 aliphatic rings. The van der Waals surface area contributed by atoms with Crippen LogP contribution in [0, 0.1) is 22.7 Å². The topological polar surface area (TPSA) is 0 Å². The first-order valence-corrected chi connectivity index (χ1v) is 12.8. The van der Waals surface area contributed by atoms with E-state index in [2.05, 4.69) is 20.4 Å². The van der Waals surface area contributed by atoms with Crippen molar-refractivity contribution >= 4 is 0 Å². The summed E-state index contributed by atoms with van der Waals surface area (Å²) in [6.07, 6.45) is 28.3. The Morgan fingerprint density at radius 1 is 0.815 bits per heavy atom. The van der Waals surface area contributed by atoms with Crippen molar-refractivity contribution in [2.24, 2.45) is 22.7 Å². The smallest absolute Gasteiger partial charge is 0.0213 e. The van der Waals surface area contributed by atoms with Crippen molar-refractivity contribution in [2.45, 2.75) is 136 Å². The van der Waals surface area contributed by atoms with Crippen LogP contribution in [0.4, 0.5) is 0 Å². The molecule has 0 saturated heterocycles. The highest BCUT2D eigenvalue weighted by atomic mass is 14.6. The summed E-state index contributed by atoms with van der Waals surface area (Å²) in [5.41, 5.74) is 2.86. The van der Waals surface area contributed by atoms with Crippen LogP contribution in [0.2, 0.25) is 0 Å². The van der Waals surface area contributed by atoms with Crippen LogP contribution in [-0.2, 0) is 0 Å². The molecule has 0 N–H and O–H groups in total. The number of allylic oxidation sites excluding steroid dienone is 1. The van der Waals surface area contributed by atoms with E-state index in [9.17, 15) is 0 Å². The van der Waals surface area contributed by atoms with Crippen molar-refractivity contribution in [3.05, 3.63) is 12.2 Å². The Balaban J connectivity index is 1.82. The zero-order valence-electron chi connectivity index (χ0n) is 18.8. The molecule has 0 heteroatoms. The van der Waals surface area contributed by atoms with E-state index in [-0.39, 0.29) is 0 Å². The van der Waals surface area contributed by atoms with Crippen LogP contribution in [0.25, 0.3) is 0 Å². The Morgan fingerprint density at radius 3 is 1.96 bits per heavy atom. The minimum Gasteiger partial charge on any atom is -0.0999 e. The first kappa shape index (κ1) is 21.4. The minimum absolute atomic E-state index is 0.659. The van der Waals surface area contributed by atoms with E-state index < -0.39 is 0 Å². The van der Waals surface area contributed by atoms with Gasteiger partial charge in [-0.3, -0.25) is 0 Å². The second-order valence-electron chi connectivity index (χ2n) is 10.7. The lowest BCUT2D eigenvalue weighted by molar-refractivity contribution is -0.0992. The fourth-order valence-electron chi connectivity index (χ4n) is 7.78. The predicted octanol–water partition coefficient (Wildman–Crippen LogP) is 9.24. The molecule has 3 aliphatic carbocycles. The van der Waals surface area contributed by atoms with Crippen molar-refractivity contribution in [1.82, 2.24) is 0 Å². The average Bonchev–Trinajstić information content (AvgIpc) is 2.74. The Labute approximate surface area is 171 Å². The molecule has 0 spiro atoms. The summed E-state index contributed by atoms with van der Waals surface area (Å²) >= 11 is 0. The molecule has 0 aromatic heterocycles. The third-order valence-corrected chi connectivity index (χ3v) is 9.39. The summed E-state index contributed by atoms with van der Waals surface area (Å²) in [4.78, 5) is 0. The highest BCUT2D eigenvalue weighted by Crippen LogP contribution is 2.65. The van der Waals surface area contributed by atoms with Gasteiger partial charge in [-0.05, 0) is 80.5 Å². The lowest BCUT2D eigenvalue weighted by atomic mass is 9.45. The SMILES string of the molecule is C=C(CC)CCC1(C2(C3CCC(CCC)CC3)CCCCC2)CCCCC1. The molecule has 0 aliphatic heterocycles. The third kappa shape index (κ3) is 4.67. The van der Waals surface area contributed by atoms with Crippen LogP contribution < -0.4 is 0 Å². The van der Waals surface area contributed by atoms with Crippen molar-refractivity contribution in [1.29, 1.82) is 0 Å². The van der Waals surface area contributed by atoms with Gasteiger partial charge in [0.15, 0.2) is 0 Å². The number of hydrogen-bond donors (Lipinski definition) is 0. The van der Waals surface area contributed by atoms with E-state index >= 15 is 0 Å². The Bertz CT molecular complexity index is 439. The lowest BCUT2D eigenvalue weighted by Gasteiger charge is -2.60. The van der Waals surface area contributed by atoms with Crippen LogP contribution >= 0.6 is 0 Å². The molecule has 156 valence electrons. The molecule has 0 heterocycles. The van der Waals surface area contributed by atoms with Gasteiger partial charge in [0, 0.05) is 0 Å². The molecule has 0 bridgehead atoms. The van der Waals surface area contributed by atoms with Crippen LogP contribution in [0.1, 0.15) is 136 Å². The molecule has 3 rings (SSSR count). The first-order valence-electron chi connectivity index (χ1n) is 12.8. The molecular formula is C27H48. The summed E-state index contributed by atoms with van der Waals surface area (Å²) in [5.74, 6) is 2.09. The zero-order valence-corrected chi connectivity index (χ0v) is 18.8. The Morgan fingerprint density at radius 2 is 1.41 bits per heavy atom. The fourth-order valence-corrected chi connectivity index (χ4v) is 7.78. The van der Waals surface area contributed by atoms with E-state index in [0.717, 1.165) is 11.8 Å². The molecule has 3 saturated carbocycles. The third-order valence-electron chi connectivity index (χ3n) is 9.39. The van der Waals surface area contributed by atoms with Crippen molar-refractivity contribution in [3.8, 4) is 0 Å². The van der Waals surface area contributed by atoms with Crippen LogP contribution in [0.5, 0.6) is 0 Å². The van der Waals surface area contributed by atoms with E-state index in [4.69, 9.17) is 0 Å². The van der Waals surface area contributed by atoms with E-state index in [0.29, 0.717) is 10.8 Å². The number of hydrogen-bond acceptors (Lipinski definition) is 0. The summed E-state index contributed by atoms with van der Waals surface area (Å²) in [6.45, 7) is 9.09. The quantitative estimate of drug-likeness (QED) is 0.372. The van der Waals surface area contributed by atoms with E-state index in [1.165, 1.54) is 89.0 Å². The molecule has 0 amide bonds. The molecule has 0 aromatic rings. The number of rotatable bonds is 8. The van der Waals surface area contributed by atoms with Crippen molar-refractivity contribution in [2.75, 3.05) is 0 Å². The van der Waals surface area contributed by atoms with Crippen molar-refractivity contribution in [3.63, 3.8) is 0 Å². The summed E-state index contributed by atoms with van der Waals surface area (Å²) in [6, 6.07) is 0. The molecular weight excluding hydrogens is 324 g/mol. The second-order valence-corrected chi connectivity index (χ2v) is 10.7. The molecule has 3 fully saturated rings. The van der Waals surface area contributed by atoms with Gasteiger partial charge >= 0.3 is 0 Å². The standard InChI is InChI=1S/C27H48/c1-4-12-24-13-15-25(16-14-24)27(20-10-7-11-21-27)26(18-8-6-9-19-26)22-17-23(3)5-2/h24-25H,3-22H2,1-2H3. The second kappa shape index (κ2) is 9.98. The molecule has 27 heavy (non-hydrogen) atoms. The molecule has 0 aromatic carbocycles. The average molecular weight is 373 g/mol. The van der Waals surface area contributed by atoms with E-state index in [1.807, 2.05) is 0 Å². The van der Waals surface area contributed by atoms with Crippen LogP contribution in [0.15, 0.2) is 12.2 Å².